The second-order valence-corrected chi connectivity index (χ2v) is 6.83. The number of hydrogen-bond acceptors (Lipinski definition) is 2. The molecule has 2 rings (SSSR count). The van der Waals surface area contributed by atoms with Gasteiger partial charge in [-0.1, -0.05) is 62.7 Å². The molecule has 0 aromatic heterocycles. The average Bonchev–Trinajstić information content (AvgIpc) is 2.50. The second kappa shape index (κ2) is 7.32. The predicted molar refractivity (Wildman–Crippen MR) is 93.7 cm³/mol. The molecular formula is C20H25NO2. The van der Waals surface area contributed by atoms with Crippen molar-refractivity contribution in [3.05, 3.63) is 65.2 Å². The zero-order valence-electron chi connectivity index (χ0n) is 14.3. The molecule has 0 aliphatic rings. The van der Waals surface area contributed by atoms with Crippen molar-refractivity contribution in [2.75, 3.05) is 6.61 Å². The van der Waals surface area contributed by atoms with Crippen LogP contribution < -0.4 is 10.1 Å². The van der Waals surface area contributed by atoms with Crippen LogP contribution in [0.4, 0.5) is 0 Å². The Kier molecular flexibility index (Phi) is 5.43. The lowest BCUT2D eigenvalue weighted by atomic mass is 9.87. The van der Waals surface area contributed by atoms with Crippen LogP contribution in [0, 0.1) is 6.92 Å². The standard InChI is InChI=1S/C20H25NO2/c1-15-7-5-8-16(11-15)13-21-19(22)14-23-18-10-6-9-17(12-18)20(2,3)4/h5-12H,13-14H2,1-4H3,(H,21,22). The first-order valence-electron chi connectivity index (χ1n) is 7.90. The van der Waals surface area contributed by atoms with E-state index in [9.17, 15) is 4.79 Å². The van der Waals surface area contributed by atoms with Gasteiger partial charge in [0.15, 0.2) is 6.61 Å². The number of rotatable bonds is 5. The van der Waals surface area contributed by atoms with Gasteiger partial charge in [-0.2, -0.15) is 0 Å². The molecule has 0 radical (unpaired) electrons. The summed E-state index contributed by atoms with van der Waals surface area (Å²) < 4.78 is 5.60. The lowest BCUT2D eigenvalue weighted by Crippen LogP contribution is -2.28. The van der Waals surface area contributed by atoms with E-state index < -0.39 is 0 Å². The molecule has 0 heterocycles. The van der Waals surface area contributed by atoms with Crippen LogP contribution in [0.15, 0.2) is 48.5 Å². The van der Waals surface area contributed by atoms with Gasteiger partial charge in [0.25, 0.3) is 5.91 Å². The summed E-state index contributed by atoms with van der Waals surface area (Å²) in [5.74, 6) is 0.607. The van der Waals surface area contributed by atoms with E-state index in [4.69, 9.17) is 4.74 Å². The number of ether oxygens (including phenoxy) is 1. The maximum atomic E-state index is 11.9. The first-order valence-corrected chi connectivity index (χ1v) is 7.90. The van der Waals surface area contributed by atoms with Crippen molar-refractivity contribution < 1.29 is 9.53 Å². The highest BCUT2D eigenvalue weighted by Crippen LogP contribution is 2.25. The fraction of sp³-hybridized carbons (Fsp3) is 0.350. The van der Waals surface area contributed by atoms with Gasteiger partial charge in [-0.15, -0.1) is 0 Å². The molecule has 1 N–H and O–H groups in total. The van der Waals surface area contributed by atoms with E-state index >= 15 is 0 Å². The Morgan fingerprint density at radius 1 is 1.09 bits per heavy atom. The third-order valence-electron chi connectivity index (χ3n) is 3.64. The summed E-state index contributed by atoms with van der Waals surface area (Å²) in [6, 6.07) is 16.0. The Morgan fingerprint density at radius 2 is 1.83 bits per heavy atom. The minimum Gasteiger partial charge on any atom is -0.484 e. The van der Waals surface area contributed by atoms with Gasteiger partial charge in [-0.3, -0.25) is 4.79 Å². The van der Waals surface area contributed by atoms with Gasteiger partial charge in [0.2, 0.25) is 0 Å². The fourth-order valence-electron chi connectivity index (χ4n) is 2.28. The molecule has 0 spiro atoms. The number of amides is 1. The molecular weight excluding hydrogens is 286 g/mol. The SMILES string of the molecule is Cc1cccc(CNC(=O)COc2cccc(C(C)(C)C)c2)c1. The van der Waals surface area contributed by atoms with E-state index in [1.165, 1.54) is 11.1 Å². The highest BCUT2D eigenvalue weighted by atomic mass is 16.5. The summed E-state index contributed by atoms with van der Waals surface area (Å²) >= 11 is 0. The van der Waals surface area contributed by atoms with E-state index in [-0.39, 0.29) is 17.9 Å². The summed E-state index contributed by atoms with van der Waals surface area (Å²) in [7, 11) is 0. The van der Waals surface area contributed by atoms with Gasteiger partial charge in [-0.25, -0.2) is 0 Å². The number of aryl methyl sites for hydroxylation is 1. The highest BCUT2D eigenvalue weighted by Gasteiger charge is 2.14. The number of carbonyl (C=O) groups excluding carboxylic acids is 1. The van der Waals surface area contributed by atoms with Gasteiger partial charge in [0.1, 0.15) is 5.75 Å². The van der Waals surface area contributed by atoms with Gasteiger partial charge in [0, 0.05) is 6.54 Å². The van der Waals surface area contributed by atoms with E-state index in [2.05, 4.69) is 38.2 Å². The molecule has 3 heteroatoms. The molecule has 0 atom stereocenters. The highest BCUT2D eigenvalue weighted by molar-refractivity contribution is 5.77. The molecule has 0 saturated heterocycles. The summed E-state index contributed by atoms with van der Waals surface area (Å²) in [4.78, 5) is 11.9. The van der Waals surface area contributed by atoms with Crippen molar-refractivity contribution in [3.63, 3.8) is 0 Å². The first-order chi connectivity index (χ1) is 10.8. The van der Waals surface area contributed by atoms with Crippen molar-refractivity contribution in [2.45, 2.75) is 39.7 Å². The number of carbonyl (C=O) groups is 1. The smallest absolute Gasteiger partial charge is 0.258 e. The number of nitrogens with one attached hydrogen (secondary N) is 1. The first kappa shape index (κ1) is 17.1. The predicted octanol–water partition coefficient (Wildman–Crippen LogP) is 3.99. The molecule has 1 amide bonds. The lowest BCUT2D eigenvalue weighted by Gasteiger charge is -2.19. The zero-order chi connectivity index (χ0) is 16.9. The maximum Gasteiger partial charge on any atom is 0.258 e. The molecule has 0 fully saturated rings. The molecule has 2 aromatic rings. The van der Waals surface area contributed by atoms with E-state index in [1.54, 1.807) is 0 Å². The third kappa shape index (κ3) is 5.44. The average molecular weight is 311 g/mol. The van der Waals surface area contributed by atoms with Gasteiger partial charge in [0.05, 0.1) is 0 Å². The minimum absolute atomic E-state index is 0.0272. The van der Waals surface area contributed by atoms with Gasteiger partial charge >= 0.3 is 0 Å². The fourth-order valence-corrected chi connectivity index (χ4v) is 2.28. The van der Waals surface area contributed by atoms with Crippen LogP contribution in [0.5, 0.6) is 5.75 Å². The largest absolute Gasteiger partial charge is 0.484 e. The molecule has 23 heavy (non-hydrogen) atoms. The van der Waals surface area contributed by atoms with Crippen molar-refractivity contribution in [1.29, 1.82) is 0 Å². The quantitative estimate of drug-likeness (QED) is 0.907. The number of hydrogen-bond donors (Lipinski definition) is 1. The lowest BCUT2D eigenvalue weighted by molar-refractivity contribution is -0.123. The molecule has 0 aliphatic carbocycles. The van der Waals surface area contributed by atoms with Crippen molar-refractivity contribution >= 4 is 5.91 Å². The summed E-state index contributed by atoms with van der Waals surface area (Å²) in [5.41, 5.74) is 3.53. The topological polar surface area (TPSA) is 38.3 Å². The Hall–Kier alpha value is -2.29. The normalized spacial score (nSPS) is 11.1. The van der Waals surface area contributed by atoms with Crippen LogP contribution in [0.3, 0.4) is 0 Å². The van der Waals surface area contributed by atoms with Crippen molar-refractivity contribution in [2.24, 2.45) is 0 Å². The minimum atomic E-state index is -0.118. The van der Waals surface area contributed by atoms with Crippen molar-refractivity contribution in [3.8, 4) is 5.75 Å². The van der Waals surface area contributed by atoms with Crippen LogP contribution in [0.2, 0.25) is 0 Å². The second-order valence-electron chi connectivity index (χ2n) is 6.83. The Labute approximate surface area is 138 Å². The monoisotopic (exact) mass is 311 g/mol. The molecule has 0 bridgehead atoms. The van der Waals surface area contributed by atoms with Gasteiger partial charge < -0.3 is 10.1 Å². The third-order valence-corrected chi connectivity index (χ3v) is 3.64. The zero-order valence-corrected chi connectivity index (χ0v) is 14.3. The van der Waals surface area contributed by atoms with Crippen molar-refractivity contribution in [1.82, 2.24) is 5.32 Å². The van der Waals surface area contributed by atoms with Crippen LogP contribution >= 0.6 is 0 Å². The molecule has 0 unspecified atom stereocenters. The van der Waals surface area contributed by atoms with Crippen LogP contribution in [-0.2, 0) is 16.8 Å². The van der Waals surface area contributed by atoms with Crippen LogP contribution in [0.1, 0.15) is 37.5 Å². The van der Waals surface area contributed by atoms with Crippen LogP contribution in [-0.4, -0.2) is 12.5 Å². The molecule has 3 nitrogen and oxygen atoms in total. The van der Waals surface area contributed by atoms with E-state index in [0.29, 0.717) is 6.54 Å². The molecule has 0 saturated carbocycles. The number of benzene rings is 2. The van der Waals surface area contributed by atoms with E-state index in [0.717, 1.165) is 11.3 Å². The summed E-state index contributed by atoms with van der Waals surface area (Å²) in [5, 5.41) is 2.88. The van der Waals surface area contributed by atoms with Crippen LogP contribution in [0.25, 0.3) is 0 Å². The Balaban J connectivity index is 1.85. The summed E-state index contributed by atoms with van der Waals surface area (Å²) in [6.07, 6.45) is 0. The Morgan fingerprint density at radius 3 is 2.52 bits per heavy atom. The Bertz CT molecular complexity index is 671. The molecule has 2 aromatic carbocycles. The summed E-state index contributed by atoms with van der Waals surface area (Å²) in [6.45, 7) is 9.05. The maximum absolute atomic E-state index is 11.9. The van der Waals surface area contributed by atoms with Gasteiger partial charge in [-0.05, 0) is 35.6 Å². The molecule has 0 aliphatic heterocycles. The van der Waals surface area contributed by atoms with E-state index in [1.807, 2.05) is 43.3 Å². The molecule has 122 valence electrons.